The third kappa shape index (κ3) is 4.62. The highest BCUT2D eigenvalue weighted by Gasteiger charge is 2.20. The topological polar surface area (TPSA) is 77.4 Å². The summed E-state index contributed by atoms with van der Waals surface area (Å²) in [5.41, 5.74) is 1.66. The van der Waals surface area contributed by atoms with Crippen LogP contribution < -0.4 is 20.1 Å². The van der Waals surface area contributed by atoms with E-state index in [9.17, 15) is 4.79 Å². The third-order valence-electron chi connectivity index (χ3n) is 3.55. The van der Waals surface area contributed by atoms with Crippen molar-refractivity contribution in [1.29, 1.82) is 0 Å². The highest BCUT2D eigenvalue weighted by atomic mass is 35.5. The largest absolute Gasteiger partial charge is 0.497 e. The van der Waals surface area contributed by atoms with Gasteiger partial charge in [0.2, 0.25) is 5.91 Å². The second-order valence-corrected chi connectivity index (χ2v) is 5.06. The summed E-state index contributed by atoms with van der Waals surface area (Å²) >= 11 is 0. The number of hydrogen-bond donors (Lipinski definition) is 2. The molecule has 132 valence electrons. The average molecular weight is 355 g/mol. The standard InChI is InChI=1S/C16H22N4O3.ClH/c1-17-15(12-9-19-20(2)10-12)16(21)18-8-11-7-13(22-3)5-6-14(11)23-4;/h5-7,9-10,15,17H,8H2,1-4H3,(H,18,21);1H. The number of aryl methyl sites for hydroxylation is 1. The molecule has 0 radical (unpaired) electrons. The SMILES string of the molecule is CNC(C(=O)NCc1cc(OC)ccc1OC)c1cnn(C)c1.Cl. The van der Waals surface area contributed by atoms with Crippen molar-refractivity contribution in [2.24, 2.45) is 7.05 Å². The molecule has 7 nitrogen and oxygen atoms in total. The predicted molar refractivity (Wildman–Crippen MR) is 93.6 cm³/mol. The van der Waals surface area contributed by atoms with E-state index in [2.05, 4.69) is 15.7 Å². The summed E-state index contributed by atoms with van der Waals surface area (Å²) in [5, 5.41) is 10.0. The number of methoxy groups -OCH3 is 2. The van der Waals surface area contributed by atoms with E-state index in [0.717, 1.165) is 11.1 Å². The van der Waals surface area contributed by atoms with Crippen molar-refractivity contribution < 1.29 is 14.3 Å². The molecule has 0 aliphatic carbocycles. The Kier molecular flexibility index (Phi) is 7.54. The molecule has 2 aromatic rings. The lowest BCUT2D eigenvalue weighted by Crippen LogP contribution is -2.35. The Morgan fingerprint density at radius 1 is 1.33 bits per heavy atom. The minimum atomic E-state index is -0.458. The maximum atomic E-state index is 12.4. The van der Waals surface area contributed by atoms with E-state index in [1.807, 2.05) is 31.4 Å². The van der Waals surface area contributed by atoms with Crippen LogP contribution in [0.4, 0.5) is 0 Å². The average Bonchev–Trinajstić information content (AvgIpc) is 2.99. The number of nitrogens with one attached hydrogen (secondary N) is 2. The number of hydrogen-bond acceptors (Lipinski definition) is 5. The minimum Gasteiger partial charge on any atom is -0.497 e. The van der Waals surface area contributed by atoms with Crippen molar-refractivity contribution >= 4 is 18.3 Å². The number of ether oxygens (including phenoxy) is 2. The van der Waals surface area contributed by atoms with Crippen molar-refractivity contribution in [3.05, 3.63) is 41.7 Å². The molecule has 2 N–H and O–H groups in total. The number of likely N-dealkylation sites (N-methyl/N-ethyl adjacent to an activating group) is 1. The van der Waals surface area contributed by atoms with Gasteiger partial charge in [-0.25, -0.2) is 0 Å². The fourth-order valence-corrected chi connectivity index (χ4v) is 2.34. The van der Waals surface area contributed by atoms with Gasteiger partial charge < -0.3 is 20.1 Å². The van der Waals surface area contributed by atoms with Crippen LogP contribution in [-0.2, 0) is 18.4 Å². The summed E-state index contributed by atoms with van der Waals surface area (Å²) in [5.74, 6) is 1.28. The van der Waals surface area contributed by atoms with E-state index in [0.29, 0.717) is 18.0 Å². The quantitative estimate of drug-likeness (QED) is 0.786. The molecule has 1 amide bonds. The van der Waals surface area contributed by atoms with Crippen LogP contribution in [0, 0.1) is 0 Å². The molecule has 0 saturated heterocycles. The Labute approximate surface area is 147 Å². The molecule has 1 unspecified atom stereocenters. The fraction of sp³-hybridized carbons (Fsp3) is 0.375. The molecule has 1 atom stereocenters. The first kappa shape index (κ1) is 19.8. The number of halogens is 1. The number of rotatable bonds is 7. The predicted octanol–water partition coefficient (Wildman–Crippen LogP) is 1.44. The van der Waals surface area contributed by atoms with E-state index in [-0.39, 0.29) is 18.3 Å². The summed E-state index contributed by atoms with van der Waals surface area (Å²) in [7, 11) is 6.75. The lowest BCUT2D eigenvalue weighted by atomic mass is 10.1. The second kappa shape index (κ2) is 9.14. The van der Waals surface area contributed by atoms with E-state index in [1.54, 1.807) is 32.1 Å². The Bertz CT molecular complexity index is 675. The zero-order valence-corrected chi connectivity index (χ0v) is 15.0. The van der Waals surface area contributed by atoms with Crippen molar-refractivity contribution in [3.8, 4) is 11.5 Å². The number of carbonyl (C=O) groups excluding carboxylic acids is 1. The van der Waals surface area contributed by atoms with Crippen LogP contribution in [0.3, 0.4) is 0 Å². The van der Waals surface area contributed by atoms with Gasteiger partial charge in [0.05, 0.1) is 20.4 Å². The van der Waals surface area contributed by atoms with Crippen LogP contribution in [-0.4, -0.2) is 37.0 Å². The lowest BCUT2D eigenvalue weighted by molar-refractivity contribution is -0.123. The maximum Gasteiger partial charge on any atom is 0.242 e. The number of carbonyl (C=O) groups is 1. The van der Waals surface area contributed by atoms with Gasteiger partial charge in [-0.05, 0) is 25.2 Å². The molecule has 1 aromatic carbocycles. The van der Waals surface area contributed by atoms with E-state index < -0.39 is 6.04 Å². The molecular formula is C16H23ClN4O3. The number of benzene rings is 1. The molecule has 24 heavy (non-hydrogen) atoms. The number of amides is 1. The van der Waals surface area contributed by atoms with Crippen molar-refractivity contribution in [3.63, 3.8) is 0 Å². The minimum absolute atomic E-state index is 0. The van der Waals surface area contributed by atoms with Crippen LogP contribution in [0.15, 0.2) is 30.6 Å². The number of aromatic nitrogens is 2. The highest BCUT2D eigenvalue weighted by molar-refractivity contribution is 5.85. The Balaban J connectivity index is 0.00000288. The fourth-order valence-electron chi connectivity index (χ4n) is 2.34. The molecule has 1 aromatic heterocycles. The molecule has 0 saturated carbocycles. The van der Waals surface area contributed by atoms with Gasteiger partial charge in [-0.1, -0.05) is 0 Å². The summed E-state index contributed by atoms with van der Waals surface area (Å²) in [6.07, 6.45) is 3.49. The number of nitrogens with zero attached hydrogens (tertiary/aromatic N) is 2. The second-order valence-electron chi connectivity index (χ2n) is 5.06. The van der Waals surface area contributed by atoms with Crippen LogP contribution in [0.1, 0.15) is 17.2 Å². The van der Waals surface area contributed by atoms with Crippen LogP contribution >= 0.6 is 12.4 Å². The molecule has 0 bridgehead atoms. The van der Waals surface area contributed by atoms with Crippen molar-refractivity contribution in [1.82, 2.24) is 20.4 Å². The summed E-state index contributed by atoms with van der Waals surface area (Å²) in [4.78, 5) is 12.4. The van der Waals surface area contributed by atoms with Gasteiger partial charge in [-0.3, -0.25) is 9.48 Å². The normalized spacial score (nSPS) is 11.3. The van der Waals surface area contributed by atoms with Gasteiger partial charge in [-0.15, -0.1) is 12.4 Å². The monoisotopic (exact) mass is 354 g/mol. The highest BCUT2D eigenvalue weighted by Crippen LogP contribution is 2.24. The first-order valence-corrected chi connectivity index (χ1v) is 7.23. The van der Waals surface area contributed by atoms with E-state index >= 15 is 0 Å². The van der Waals surface area contributed by atoms with Gasteiger partial charge in [0.25, 0.3) is 0 Å². The van der Waals surface area contributed by atoms with Gasteiger partial charge in [0.1, 0.15) is 17.5 Å². The zero-order valence-electron chi connectivity index (χ0n) is 14.2. The molecule has 0 fully saturated rings. The van der Waals surface area contributed by atoms with E-state index in [1.165, 1.54) is 0 Å². The maximum absolute atomic E-state index is 12.4. The van der Waals surface area contributed by atoms with Gasteiger partial charge in [0, 0.05) is 30.9 Å². The molecule has 8 heteroatoms. The Morgan fingerprint density at radius 3 is 2.62 bits per heavy atom. The molecule has 2 rings (SSSR count). The van der Waals surface area contributed by atoms with Crippen molar-refractivity contribution in [2.45, 2.75) is 12.6 Å². The summed E-state index contributed by atoms with van der Waals surface area (Å²) in [6, 6.07) is 5.02. The van der Waals surface area contributed by atoms with Crippen molar-refractivity contribution in [2.75, 3.05) is 21.3 Å². The van der Waals surface area contributed by atoms with Gasteiger partial charge in [0.15, 0.2) is 0 Å². The molecule has 0 spiro atoms. The molecule has 1 heterocycles. The molecule has 0 aliphatic rings. The van der Waals surface area contributed by atoms with Crippen LogP contribution in [0.2, 0.25) is 0 Å². The first-order chi connectivity index (χ1) is 11.1. The molecular weight excluding hydrogens is 332 g/mol. The smallest absolute Gasteiger partial charge is 0.242 e. The van der Waals surface area contributed by atoms with Gasteiger partial charge >= 0.3 is 0 Å². The Hall–Kier alpha value is -2.25. The van der Waals surface area contributed by atoms with Crippen LogP contribution in [0.25, 0.3) is 0 Å². The Morgan fingerprint density at radius 2 is 2.08 bits per heavy atom. The summed E-state index contributed by atoms with van der Waals surface area (Å²) in [6.45, 7) is 0.345. The third-order valence-corrected chi connectivity index (χ3v) is 3.55. The first-order valence-electron chi connectivity index (χ1n) is 7.23. The summed E-state index contributed by atoms with van der Waals surface area (Å²) < 4.78 is 12.2. The molecule has 0 aliphatic heterocycles. The van der Waals surface area contributed by atoms with Gasteiger partial charge in [-0.2, -0.15) is 5.10 Å². The van der Waals surface area contributed by atoms with E-state index in [4.69, 9.17) is 9.47 Å². The van der Waals surface area contributed by atoms with Crippen LogP contribution in [0.5, 0.6) is 11.5 Å². The lowest BCUT2D eigenvalue weighted by Gasteiger charge is -2.16. The zero-order chi connectivity index (χ0) is 16.8.